The van der Waals surface area contributed by atoms with Gasteiger partial charge in [0.05, 0.1) is 5.02 Å². The number of amidine groups is 1. The molecule has 0 aliphatic heterocycles. The number of halogens is 2. The lowest BCUT2D eigenvalue weighted by atomic mass is 9.92. The fourth-order valence-corrected chi connectivity index (χ4v) is 1.45. The lowest BCUT2D eigenvalue weighted by Gasteiger charge is -2.23. The summed E-state index contributed by atoms with van der Waals surface area (Å²) in [6, 6.07) is 3.68. The van der Waals surface area contributed by atoms with E-state index in [0.717, 1.165) is 6.07 Å². The first kappa shape index (κ1) is 15.2. The molecule has 104 valence electrons. The van der Waals surface area contributed by atoms with Crippen molar-refractivity contribution >= 4 is 23.3 Å². The molecule has 0 aliphatic rings. The highest BCUT2D eigenvalue weighted by Crippen LogP contribution is 2.17. The number of nitrogens with one attached hydrogen (secondary N) is 1. The maximum absolute atomic E-state index is 13.0. The molecule has 0 spiro atoms. The molecule has 0 bridgehead atoms. The second-order valence-corrected chi connectivity index (χ2v) is 5.09. The maximum atomic E-state index is 13.0. The van der Waals surface area contributed by atoms with E-state index in [0.29, 0.717) is 0 Å². The van der Waals surface area contributed by atoms with Crippen molar-refractivity contribution in [1.82, 2.24) is 5.32 Å². The van der Waals surface area contributed by atoms with Crippen LogP contribution in [0.3, 0.4) is 0 Å². The summed E-state index contributed by atoms with van der Waals surface area (Å²) in [5.41, 5.74) is 5.04. The van der Waals surface area contributed by atoms with Crippen LogP contribution in [0.2, 0.25) is 5.02 Å². The number of carbonyl (C=O) groups excluding carboxylic acids is 1. The normalized spacial score (nSPS) is 12.3. The second-order valence-electron chi connectivity index (χ2n) is 4.68. The molecule has 4 N–H and O–H groups in total. The number of carbonyl (C=O) groups is 1. The quantitative estimate of drug-likeness (QED) is 0.342. The average molecular weight is 288 g/mol. The zero-order valence-corrected chi connectivity index (χ0v) is 11.3. The van der Waals surface area contributed by atoms with E-state index in [1.54, 1.807) is 13.8 Å². The van der Waals surface area contributed by atoms with Crippen LogP contribution < -0.4 is 11.1 Å². The van der Waals surface area contributed by atoms with E-state index >= 15 is 0 Å². The van der Waals surface area contributed by atoms with Crippen molar-refractivity contribution in [3.63, 3.8) is 0 Å². The van der Waals surface area contributed by atoms with Crippen molar-refractivity contribution in [2.45, 2.75) is 13.8 Å². The highest BCUT2D eigenvalue weighted by molar-refractivity contribution is 6.31. The summed E-state index contributed by atoms with van der Waals surface area (Å²) in [5.74, 6) is -0.999. The summed E-state index contributed by atoms with van der Waals surface area (Å²) in [4.78, 5) is 11.8. The van der Waals surface area contributed by atoms with Crippen LogP contribution in [-0.4, -0.2) is 23.5 Å². The number of hydrogen-bond acceptors (Lipinski definition) is 3. The predicted molar refractivity (Wildman–Crippen MR) is 70.9 cm³/mol. The van der Waals surface area contributed by atoms with Crippen LogP contribution in [0.5, 0.6) is 0 Å². The fraction of sp³-hybridized carbons (Fsp3) is 0.333. The van der Waals surface area contributed by atoms with Gasteiger partial charge in [-0.2, -0.15) is 0 Å². The molecule has 0 atom stereocenters. The van der Waals surface area contributed by atoms with Crippen molar-refractivity contribution in [2.24, 2.45) is 16.3 Å². The third-order valence-corrected chi connectivity index (χ3v) is 2.96. The van der Waals surface area contributed by atoms with E-state index in [4.69, 9.17) is 22.5 Å². The third kappa shape index (κ3) is 3.82. The Kier molecular flexibility index (Phi) is 4.72. The third-order valence-electron chi connectivity index (χ3n) is 2.67. The number of benzene rings is 1. The second kappa shape index (κ2) is 5.88. The minimum Gasteiger partial charge on any atom is -0.409 e. The van der Waals surface area contributed by atoms with Gasteiger partial charge in [0.15, 0.2) is 0 Å². The Hall–Kier alpha value is -1.82. The highest BCUT2D eigenvalue weighted by atomic mass is 35.5. The van der Waals surface area contributed by atoms with Crippen LogP contribution in [0.15, 0.2) is 23.4 Å². The SMILES string of the molecule is CC(C)(CNC(=O)c1ccc(F)c(Cl)c1)/C(N)=N/O. The van der Waals surface area contributed by atoms with E-state index in [1.807, 2.05) is 0 Å². The van der Waals surface area contributed by atoms with Crippen LogP contribution in [0.25, 0.3) is 0 Å². The highest BCUT2D eigenvalue weighted by Gasteiger charge is 2.24. The van der Waals surface area contributed by atoms with Gasteiger partial charge in [0, 0.05) is 17.5 Å². The van der Waals surface area contributed by atoms with Gasteiger partial charge in [-0.05, 0) is 18.2 Å². The maximum Gasteiger partial charge on any atom is 0.251 e. The van der Waals surface area contributed by atoms with Crippen LogP contribution in [0.4, 0.5) is 4.39 Å². The Bertz CT molecular complexity index is 518. The van der Waals surface area contributed by atoms with Crippen molar-refractivity contribution in [1.29, 1.82) is 0 Å². The van der Waals surface area contributed by atoms with Crippen LogP contribution in [-0.2, 0) is 0 Å². The molecule has 1 aromatic carbocycles. The summed E-state index contributed by atoms with van der Waals surface area (Å²) < 4.78 is 13.0. The molecule has 1 rings (SSSR count). The van der Waals surface area contributed by atoms with Gasteiger partial charge in [0.1, 0.15) is 11.7 Å². The molecule has 0 radical (unpaired) electrons. The largest absolute Gasteiger partial charge is 0.409 e. The molecule has 7 heteroatoms. The van der Waals surface area contributed by atoms with E-state index < -0.39 is 17.1 Å². The van der Waals surface area contributed by atoms with E-state index in [2.05, 4.69) is 10.5 Å². The van der Waals surface area contributed by atoms with E-state index in [1.165, 1.54) is 12.1 Å². The van der Waals surface area contributed by atoms with Crippen LogP contribution >= 0.6 is 11.6 Å². The van der Waals surface area contributed by atoms with Gasteiger partial charge in [0.25, 0.3) is 5.91 Å². The molecule has 0 unspecified atom stereocenters. The van der Waals surface area contributed by atoms with Gasteiger partial charge >= 0.3 is 0 Å². The molecule has 0 fully saturated rings. The summed E-state index contributed by atoms with van der Waals surface area (Å²) in [6.45, 7) is 3.58. The lowest BCUT2D eigenvalue weighted by Crippen LogP contribution is -2.42. The first-order valence-corrected chi connectivity index (χ1v) is 5.87. The summed E-state index contributed by atoms with van der Waals surface area (Å²) in [6.07, 6.45) is 0. The lowest BCUT2D eigenvalue weighted by molar-refractivity contribution is 0.0944. The van der Waals surface area contributed by atoms with Gasteiger partial charge in [-0.1, -0.05) is 30.6 Å². The summed E-state index contributed by atoms with van der Waals surface area (Å²) in [7, 11) is 0. The number of nitrogens with zero attached hydrogens (tertiary/aromatic N) is 1. The molecule has 0 saturated heterocycles. The fourth-order valence-electron chi connectivity index (χ4n) is 1.27. The van der Waals surface area contributed by atoms with Crippen molar-refractivity contribution in [3.05, 3.63) is 34.6 Å². The molecule has 1 aromatic rings. The Balaban J connectivity index is 2.73. The standard InChI is InChI=1S/C12H15ClFN3O2/c1-12(2,11(15)17-19)6-16-10(18)7-3-4-9(14)8(13)5-7/h3-5,19H,6H2,1-2H3,(H2,15,17)(H,16,18). The Morgan fingerprint density at radius 2 is 2.21 bits per heavy atom. The first-order valence-electron chi connectivity index (χ1n) is 5.49. The zero-order chi connectivity index (χ0) is 14.6. The monoisotopic (exact) mass is 287 g/mol. The number of amides is 1. The Morgan fingerprint density at radius 1 is 1.58 bits per heavy atom. The molecule has 0 aliphatic carbocycles. The molecule has 5 nitrogen and oxygen atoms in total. The number of hydrogen-bond donors (Lipinski definition) is 3. The van der Waals surface area contributed by atoms with Gasteiger partial charge in [-0.3, -0.25) is 4.79 Å². The zero-order valence-electron chi connectivity index (χ0n) is 10.6. The minimum absolute atomic E-state index is 0.00457. The van der Waals surface area contributed by atoms with Crippen molar-refractivity contribution in [3.8, 4) is 0 Å². The molecule has 0 saturated carbocycles. The van der Waals surface area contributed by atoms with Crippen molar-refractivity contribution < 1.29 is 14.4 Å². The number of nitrogens with two attached hydrogens (primary N) is 1. The number of oxime groups is 1. The van der Waals surface area contributed by atoms with Gasteiger partial charge < -0.3 is 16.3 Å². The summed E-state index contributed by atoms with van der Waals surface area (Å²) in [5, 5.41) is 14.0. The molecule has 1 amide bonds. The minimum atomic E-state index is -0.700. The average Bonchev–Trinajstić information content (AvgIpc) is 2.38. The smallest absolute Gasteiger partial charge is 0.251 e. The molecular weight excluding hydrogens is 273 g/mol. The van der Waals surface area contributed by atoms with Gasteiger partial charge in [0.2, 0.25) is 0 Å². The molecule has 19 heavy (non-hydrogen) atoms. The predicted octanol–water partition coefficient (Wildman–Crippen LogP) is 1.98. The van der Waals surface area contributed by atoms with E-state index in [-0.39, 0.29) is 23.0 Å². The first-order chi connectivity index (χ1) is 8.77. The van der Waals surface area contributed by atoms with Crippen LogP contribution in [0, 0.1) is 11.2 Å². The van der Waals surface area contributed by atoms with Gasteiger partial charge in [-0.15, -0.1) is 0 Å². The van der Waals surface area contributed by atoms with Crippen LogP contribution in [0.1, 0.15) is 24.2 Å². The van der Waals surface area contributed by atoms with Gasteiger partial charge in [-0.25, -0.2) is 4.39 Å². The number of rotatable bonds is 4. The topological polar surface area (TPSA) is 87.7 Å². The Morgan fingerprint density at radius 3 is 2.74 bits per heavy atom. The molecule has 0 heterocycles. The Labute approximate surface area is 115 Å². The van der Waals surface area contributed by atoms with E-state index in [9.17, 15) is 9.18 Å². The molecular formula is C12H15ClFN3O2. The summed E-state index contributed by atoms with van der Waals surface area (Å²) >= 11 is 5.59. The van der Waals surface area contributed by atoms with Crippen molar-refractivity contribution in [2.75, 3.05) is 6.54 Å². The molecule has 0 aromatic heterocycles.